The van der Waals surface area contributed by atoms with E-state index in [1.807, 2.05) is 31.2 Å². The maximum Gasteiger partial charge on any atom is 0.295 e. The minimum absolute atomic E-state index is 0.112. The van der Waals surface area contributed by atoms with Crippen LogP contribution in [0.4, 0.5) is 0 Å². The molecule has 3 heterocycles. The topological polar surface area (TPSA) is 79.3 Å². The van der Waals surface area contributed by atoms with Crippen LogP contribution < -0.4 is 9.47 Å². The second-order valence-electron chi connectivity index (χ2n) is 8.87. The van der Waals surface area contributed by atoms with Crippen LogP contribution in [0, 0.1) is 6.92 Å². The largest absolute Gasteiger partial charge is 0.507 e. The van der Waals surface area contributed by atoms with Gasteiger partial charge in [-0.25, -0.2) is 0 Å². The summed E-state index contributed by atoms with van der Waals surface area (Å²) in [6, 6.07) is 12.1. The number of amides is 1. The number of aliphatic hydroxyl groups excluding tert-OH is 1. The molecule has 2 aromatic carbocycles. The molecular weight excluding hydrogens is 420 g/mol. The van der Waals surface area contributed by atoms with Crippen molar-refractivity contribution >= 4 is 17.4 Å². The van der Waals surface area contributed by atoms with Crippen molar-refractivity contribution in [3.8, 4) is 11.5 Å². The minimum atomic E-state index is -0.658. The van der Waals surface area contributed by atoms with Gasteiger partial charge >= 0.3 is 0 Å². The molecule has 0 aliphatic carbocycles. The number of hydrogen-bond acceptors (Lipinski definition) is 6. The summed E-state index contributed by atoms with van der Waals surface area (Å²) in [5, 5.41) is 11.2. The highest BCUT2D eigenvalue weighted by Gasteiger charge is 2.46. The van der Waals surface area contributed by atoms with Crippen LogP contribution in [0.15, 0.2) is 48.0 Å². The number of nitrogens with zero attached hydrogens (tertiary/aromatic N) is 2. The average molecular weight is 449 g/mol. The van der Waals surface area contributed by atoms with Crippen molar-refractivity contribution in [1.29, 1.82) is 0 Å². The highest BCUT2D eigenvalue weighted by molar-refractivity contribution is 6.46. The van der Waals surface area contributed by atoms with E-state index in [2.05, 4.69) is 4.90 Å². The number of hydrogen-bond donors (Lipinski definition) is 1. The number of Topliss-reactive ketones (excluding diaryl/α,β-unsaturated/α-hetero) is 1. The number of aryl methyl sites for hydroxylation is 1. The van der Waals surface area contributed by atoms with E-state index in [0.29, 0.717) is 30.2 Å². The fourth-order valence-corrected chi connectivity index (χ4v) is 4.84. The molecule has 0 radical (unpaired) electrons. The van der Waals surface area contributed by atoms with E-state index in [4.69, 9.17) is 9.47 Å². The third-order valence-electron chi connectivity index (χ3n) is 6.68. The number of likely N-dealkylation sites (tertiary alicyclic amines) is 2. The monoisotopic (exact) mass is 448 g/mol. The van der Waals surface area contributed by atoms with Gasteiger partial charge < -0.3 is 24.4 Å². The van der Waals surface area contributed by atoms with Crippen LogP contribution in [0.2, 0.25) is 0 Å². The highest BCUT2D eigenvalue weighted by atomic mass is 16.7. The molecule has 5 rings (SSSR count). The number of piperidine rings is 1. The second-order valence-corrected chi connectivity index (χ2v) is 8.87. The number of ketones is 1. The summed E-state index contributed by atoms with van der Waals surface area (Å²) in [5.41, 5.74) is 2.42. The van der Waals surface area contributed by atoms with Crippen LogP contribution in [0.1, 0.15) is 42.0 Å². The zero-order valence-electron chi connectivity index (χ0n) is 18.8. The molecule has 0 spiro atoms. The third-order valence-corrected chi connectivity index (χ3v) is 6.68. The van der Waals surface area contributed by atoms with Crippen LogP contribution in [-0.4, -0.2) is 59.6 Å². The molecule has 2 aromatic rings. The maximum absolute atomic E-state index is 13.2. The number of carbonyl (C=O) groups excluding carboxylic acids is 2. The molecule has 2 saturated heterocycles. The number of benzene rings is 2. The van der Waals surface area contributed by atoms with Crippen molar-refractivity contribution < 1.29 is 24.2 Å². The molecule has 0 aromatic heterocycles. The van der Waals surface area contributed by atoms with Gasteiger partial charge in [-0.2, -0.15) is 0 Å². The lowest BCUT2D eigenvalue weighted by molar-refractivity contribution is -0.140. The van der Waals surface area contributed by atoms with E-state index in [0.717, 1.165) is 37.1 Å². The summed E-state index contributed by atoms with van der Waals surface area (Å²) in [5.74, 6) is -0.333. The van der Waals surface area contributed by atoms with Crippen molar-refractivity contribution in [2.45, 2.75) is 32.2 Å². The Morgan fingerprint density at radius 3 is 2.45 bits per heavy atom. The van der Waals surface area contributed by atoms with Crippen molar-refractivity contribution in [3.63, 3.8) is 0 Å². The van der Waals surface area contributed by atoms with Crippen molar-refractivity contribution in [2.24, 2.45) is 0 Å². The molecule has 2 fully saturated rings. The molecule has 3 aliphatic rings. The zero-order valence-corrected chi connectivity index (χ0v) is 18.8. The molecule has 1 amide bonds. The summed E-state index contributed by atoms with van der Waals surface area (Å²) in [6.45, 7) is 5.26. The number of rotatable bonds is 5. The molecule has 0 bridgehead atoms. The molecular formula is C26H28N2O5. The molecule has 3 aliphatic heterocycles. The Hall–Kier alpha value is -3.32. The molecule has 33 heavy (non-hydrogen) atoms. The van der Waals surface area contributed by atoms with Crippen molar-refractivity contribution in [3.05, 3.63) is 64.7 Å². The number of ether oxygens (including phenoxy) is 2. The SMILES string of the molecule is Cc1ccc(C2/C(=C(\O)c3ccc4c(c3)OCO4)C(=O)C(=O)N2CCN2CCCCC2)cc1. The van der Waals surface area contributed by atoms with Gasteiger partial charge in [0.1, 0.15) is 5.76 Å². The van der Waals surface area contributed by atoms with Crippen LogP contribution >= 0.6 is 0 Å². The van der Waals surface area contributed by atoms with Gasteiger partial charge in [-0.15, -0.1) is 0 Å². The Balaban J connectivity index is 1.53. The van der Waals surface area contributed by atoms with Crippen LogP contribution in [0.5, 0.6) is 11.5 Å². The summed E-state index contributed by atoms with van der Waals surface area (Å²) < 4.78 is 10.8. The Bertz CT molecular complexity index is 1100. The Morgan fingerprint density at radius 2 is 1.70 bits per heavy atom. The summed E-state index contributed by atoms with van der Waals surface area (Å²) in [7, 11) is 0. The van der Waals surface area contributed by atoms with E-state index < -0.39 is 17.7 Å². The van der Waals surface area contributed by atoms with Gasteiger partial charge in [0.05, 0.1) is 11.6 Å². The lowest BCUT2D eigenvalue weighted by Gasteiger charge is -2.31. The lowest BCUT2D eigenvalue weighted by Crippen LogP contribution is -2.39. The predicted octanol–water partition coefficient (Wildman–Crippen LogP) is 3.63. The van der Waals surface area contributed by atoms with Gasteiger partial charge in [-0.3, -0.25) is 9.59 Å². The Morgan fingerprint density at radius 1 is 0.970 bits per heavy atom. The molecule has 7 heteroatoms. The highest BCUT2D eigenvalue weighted by Crippen LogP contribution is 2.41. The quantitative estimate of drug-likeness (QED) is 0.428. The first-order valence-corrected chi connectivity index (χ1v) is 11.5. The molecule has 1 unspecified atom stereocenters. The number of fused-ring (bicyclic) bond motifs is 1. The second kappa shape index (κ2) is 8.90. The van der Waals surface area contributed by atoms with E-state index in [-0.39, 0.29) is 18.1 Å². The summed E-state index contributed by atoms with van der Waals surface area (Å²) >= 11 is 0. The summed E-state index contributed by atoms with van der Waals surface area (Å²) in [6.07, 6.45) is 3.55. The van der Waals surface area contributed by atoms with Gasteiger partial charge in [0.25, 0.3) is 11.7 Å². The van der Waals surface area contributed by atoms with E-state index in [1.54, 1.807) is 23.1 Å². The lowest BCUT2D eigenvalue weighted by atomic mass is 9.94. The molecule has 1 atom stereocenters. The van der Waals surface area contributed by atoms with Gasteiger partial charge in [0.15, 0.2) is 11.5 Å². The molecule has 1 N–H and O–H groups in total. The summed E-state index contributed by atoms with van der Waals surface area (Å²) in [4.78, 5) is 30.3. The first-order chi connectivity index (χ1) is 16.0. The smallest absolute Gasteiger partial charge is 0.295 e. The predicted molar refractivity (Wildman–Crippen MR) is 123 cm³/mol. The first-order valence-electron chi connectivity index (χ1n) is 11.5. The Kier molecular flexibility index (Phi) is 5.81. The van der Waals surface area contributed by atoms with Crippen molar-refractivity contribution in [1.82, 2.24) is 9.80 Å². The van der Waals surface area contributed by atoms with E-state index in [1.165, 1.54) is 6.42 Å². The van der Waals surface area contributed by atoms with E-state index >= 15 is 0 Å². The third kappa shape index (κ3) is 4.09. The minimum Gasteiger partial charge on any atom is -0.507 e. The molecule has 7 nitrogen and oxygen atoms in total. The maximum atomic E-state index is 13.2. The van der Waals surface area contributed by atoms with Gasteiger partial charge in [0.2, 0.25) is 6.79 Å². The van der Waals surface area contributed by atoms with Crippen LogP contribution in [0.3, 0.4) is 0 Å². The van der Waals surface area contributed by atoms with Crippen LogP contribution in [0.25, 0.3) is 5.76 Å². The molecule has 172 valence electrons. The number of carbonyl (C=O) groups is 2. The van der Waals surface area contributed by atoms with Crippen molar-refractivity contribution in [2.75, 3.05) is 33.0 Å². The van der Waals surface area contributed by atoms with Crippen LogP contribution in [-0.2, 0) is 9.59 Å². The average Bonchev–Trinajstić information content (AvgIpc) is 3.41. The number of aliphatic hydroxyl groups is 1. The Labute approximate surface area is 193 Å². The standard InChI is InChI=1S/C26H28N2O5/c1-17-5-7-18(8-6-17)23-22(24(29)19-9-10-20-21(15-19)33-16-32-20)25(30)26(31)28(23)14-13-27-11-3-2-4-12-27/h5-10,15,23,29H,2-4,11-14,16H2,1H3/b24-22+. The van der Waals surface area contributed by atoms with Gasteiger partial charge in [0, 0.05) is 18.7 Å². The fraction of sp³-hybridized carbons (Fsp3) is 0.385. The van der Waals surface area contributed by atoms with Gasteiger partial charge in [-0.05, 0) is 56.6 Å². The first kappa shape index (κ1) is 21.5. The zero-order chi connectivity index (χ0) is 22.9. The normalized spacial score (nSPS) is 22.2. The van der Waals surface area contributed by atoms with E-state index in [9.17, 15) is 14.7 Å². The molecule has 0 saturated carbocycles. The van der Waals surface area contributed by atoms with Gasteiger partial charge in [-0.1, -0.05) is 36.2 Å². The fourth-order valence-electron chi connectivity index (χ4n) is 4.84.